The number of carbonyl (C=O) groups is 1. The second kappa shape index (κ2) is 9.54. The first kappa shape index (κ1) is 21.5. The summed E-state index contributed by atoms with van der Waals surface area (Å²) in [6.07, 6.45) is 1.34. The van der Waals surface area contributed by atoms with Gasteiger partial charge in [0.15, 0.2) is 0 Å². The van der Waals surface area contributed by atoms with Crippen LogP contribution in [0.4, 0.5) is 5.69 Å². The monoisotopic (exact) mass is 424 g/mol. The molecular formula is C23H24N2O4S. The molecule has 0 aliphatic rings. The summed E-state index contributed by atoms with van der Waals surface area (Å²) in [6, 6.07) is 20.5. The van der Waals surface area contributed by atoms with Crippen LogP contribution in [0.1, 0.15) is 28.2 Å². The number of esters is 1. The van der Waals surface area contributed by atoms with Crippen molar-refractivity contribution in [2.45, 2.75) is 24.7 Å². The van der Waals surface area contributed by atoms with E-state index in [0.29, 0.717) is 18.5 Å². The number of carbonyl (C=O) groups excluding carboxylic acids is 1. The molecule has 0 spiro atoms. The molecule has 0 unspecified atom stereocenters. The number of aryl methyl sites for hydroxylation is 2. The molecule has 3 aromatic rings. The third-order valence-corrected chi connectivity index (χ3v) is 6.39. The summed E-state index contributed by atoms with van der Waals surface area (Å²) >= 11 is 0. The number of sulfonamides is 1. The van der Waals surface area contributed by atoms with Crippen LogP contribution in [0.3, 0.4) is 0 Å². The van der Waals surface area contributed by atoms with Gasteiger partial charge in [-0.2, -0.15) is 0 Å². The minimum Gasteiger partial charge on any atom is -0.462 e. The van der Waals surface area contributed by atoms with Gasteiger partial charge in [-0.25, -0.2) is 13.2 Å². The SMILES string of the molecule is Cc1cccc(CCCOC(=O)c2cccc(S(=O)(=O)N(C)c3ccccc3)c2)n1. The largest absolute Gasteiger partial charge is 0.462 e. The van der Waals surface area contributed by atoms with E-state index >= 15 is 0 Å². The van der Waals surface area contributed by atoms with Crippen LogP contribution in [0.5, 0.6) is 0 Å². The normalized spacial score (nSPS) is 11.1. The van der Waals surface area contributed by atoms with Crippen LogP contribution in [-0.2, 0) is 21.2 Å². The van der Waals surface area contributed by atoms with E-state index in [4.69, 9.17) is 4.74 Å². The van der Waals surface area contributed by atoms with Crippen LogP contribution in [0.15, 0.2) is 77.7 Å². The second-order valence-electron chi connectivity index (χ2n) is 6.85. The maximum Gasteiger partial charge on any atom is 0.338 e. The molecule has 0 atom stereocenters. The smallest absolute Gasteiger partial charge is 0.338 e. The summed E-state index contributed by atoms with van der Waals surface area (Å²) in [5, 5.41) is 0. The average molecular weight is 425 g/mol. The Balaban J connectivity index is 1.63. The van der Waals surface area contributed by atoms with Crippen LogP contribution in [0.25, 0.3) is 0 Å². The van der Waals surface area contributed by atoms with Gasteiger partial charge in [0.2, 0.25) is 0 Å². The zero-order valence-electron chi connectivity index (χ0n) is 17.0. The third kappa shape index (κ3) is 5.24. The summed E-state index contributed by atoms with van der Waals surface area (Å²) < 4.78 is 32.3. The molecule has 1 aromatic heterocycles. The van der Waals surface area contributed by atoms with Crippen LogP contribution in [0.2, 0.25) is 0 Å². The lowest BCUT2D eigenvalue weighted by molar-refractivity contribution is 0.0500. The number of hydrogen-bond donors (Lipinski definition) is 0. The standard InChI is InChI=1S/C23H24N2O4S/c1-18-9-6-11-20(24-18)12-8-16-29-23(26)19-10-7-15-22(17-19)30(27,28)25(2)21-13-4-3-5-14-21/h3-7,9-11,13-15,17H,8,12,16H2,1-2H3. The molecule has 7 heteroatoms. The van der Waals surface area contributed by atoms with E-state index in [0.717, 1.165) is 11.4 Å². The summed E-state index contributed by atoms with van der Waals surface area (Å²) in [6.45, 7) is 2.16. The maximum absolute atomic E-state index is 12.9. The molecule has 0 fully saturated rings. The molecule has 0 bridgehead atoms. The lowest BCUT2D eigenvalue weighted by atomic mass is 10.2. The fraction of sp³-hybridized carbons (Fsp3) is 0.217. The molecule has 0 aliphatic heterocycles. The van der Waals surface area contributed by atoms with E-state index in [1.807, 2.05) is 31.2 Å². The van der Waals surface area contributed by atoms with Crippen molar-refractivity contribution in [1.82, 2.24) is 4.98 Å². The highest BCUT2D eigenvalue weighted by Gasteiger charge is 2.22. The summed E-state index contributed by atoms with van der Waals surface area (Å²) in [4.78, 5) is 16.8. The van der Waals surface area contributed by atoms with E-state index in [1.165, 1.54) is 23.5 Å². The predicted octanol–water partition coefficient (Wildman–Crippen LogP) is 4.00. The molecule has 156 valence electrons. The Morgan fingerprint density at radius 2 is 1.73 bits per heavy atom. The van der Waals surface area contributed by atoms with Crippen molar-refractivity contribution in [2.75, 3.05) is 18.0 Å². The van der Waals surface area contributed by atoms with Gasteiger partial charge < -0.3 is 4.74 Å². The minimum atomic E-state index is -3.80. The quantitative estimate of drug-likeness (QED) is 0.403. The topological polar surface area (TPSA) is 76.6 Å². The van der Waals surface area contributed by atoms with E-state index in [-0.39, 0.29) is 17.1 Å². The number of benzene rings is 2. The highest BCUT2D eigenvalue weighted by atomic mass is 32.2. The van der Waals surface area contributed by atoms with Crippen molar-refractivity contribution in [3.63, 3.8) is 0 Å². The molecule has 1 heterocycles. The molecule has 0 saturated carbocycles. The highest BCUT2D eigenvalue weighted by molar-refractivity contribution is 7.92. The molecule has 30 heavy (non-hydrogen) atoms. The average Bonchev–Trinajstić information content (AvgIpc) is 2.77. The lowest BCUT2D eigenvalue weighted by Gasteiger charge is -2.19. The molecule has 0 aliphatic carbocycles. The van der Waals surface area contributed by atoms with Gasteiger partial charge in [-0.05, 0) is 62.2 Å². The van der Waals surface area contributed by atoms with Crippen molar-refractivity contribution in [3.05, 3.63) is 89.7 Å². The van der Waals surface area contributed by atoms with Crippen molar-refractivity contribution in [2.24, 2.45) is 0 Å². The Morgan fingerprint density at radius 3 is 2.47 bits per heavy atom. The van der Waals surface area contributed by atoms with Gasteiger partial charge in [-0.15, -0.1) is 0 Å². The third-order valence-electron chi connectivity index (χ3n) is 4.60. The Bertz CT molecular complexity index is 1110. The number of ether oxygens (including phenoxy) is 1. The molecule has 6 nitrogen and oxygen atoms in total. The van der Waals surface area contributed by atoms with Crippen molar-refractivity contribution in [1.29, 1.82) is 0 Å². The van der Waals surface area contributed by atoms with Crippen molar-refractivity contribution >= 4 is 21.7 Å². The Hall–Kier alpha value is -3.19. The number of aromatic nitrogens is 1. The van der Waals surface area contributed by atoms with Crippen molar-refractivity contribution < 1.29 is 17.9 Å². The first-order valence-electron chi connectivity index (χ1n) is 9.61. The molecule has 0 saturated heterocycles. The molecule has 2 aromatic carbocycles. The number of pyridine rings is 1. The number of rotatable bonds is 8. The number of nitrogens with zero attached hydrogens (tertiary/aromatic N) is 2. The number of anilines is 1. The van der Waals surface area contributed by atoms with Gasteiger partial charge in [0.25, 0.3) is 10.0 Å². The fourth-order valence-electron chi connectivity index (χ4n) is 2.96. The molecule has 0 radical (unpaired) electrons. The van der Waals surface area contributed by atoms with Gasteiger partial charge in [0, 0.05) is 18.4 Å². The van der Waals surface area contributed by atoms with E-state index < -0.39 is 16.0 Å². The zero-order chi connectivity index (χ0) is 21.6. The maximum atomic E-state index is 12.9. The Morgan fingerprint density at radius 1 is 1.00 bits per heavy atom. The Labute approximate surface area is 177 Å². The van der Waals surface area contributed by atoms with Gasteiger partial charge >= 0.3 is 5.97 Å². The number of hydrogen-bond acceptors (Lipinski definition) is 5. The molecular weight excluding hydrogens is 400 g/mol. The van der Waals surface area contributed by atoms with Gasteiger partial charge in [0.1, 0.15) is 0 Å². The first-order valence-corrected chi connectivity index (χ1v) is 11.1. The molecule has 0 N–H and O–H groups in total. The molecule has 0 amide bonds. The summed E-state index contributed by atoms with van der Waals surface area (Å²) in [7, 11) is -2.31. The van der Waals surface area contributed by atoms with Crippen LogP contribution in [0, 0.1) is 6.92 Å². The van der Waals surface area contributed by atoms with Gasteiger partial charge in [-0.1, -0.05) is 30.3 Å². The highest BCUT2D eigenvalue weighted by Crippen LogP contribution is 2.22. The van der Waals surface area contributed by atoms with Gasteiger partial charge in [-0.3, -0.25) is 9.29 Å². The van der Waals surface area contributed by atoms with Crippen molar-refractivity contribution in [3.8, 4) is 0 Å². The van der Waals surface area contributed by atoms with Crippen LogP contribution >= 0.6 is 0 Å². The lowest BCUT2D eigenvalue weighted by Crippen LogP contribution is -2.26. The Kier molecular flexibility index (Phi) is 6.84. The zero-order valence-corrected chi connectivity index (χ0v) is 17.8. The van der Waals surface area contributed by atoms with Crippen LogP contribution < -0.4 is 4.31 Å². The minimum absolute atomic E-state index is 0.0345. The second-order valence-corrected chi connectivity index (χ2v) is 8.81. The van der Waals surface area contributed by atoms with E-state index in [1.54, 1.807) is 36.4 Å². The predicted molar refractivity (Wildman–Crippen MR) is 116 cm³/mol. The molecule has 3 rings (SSSR count). The van der Waals surface area contributed by atoms with Crippen LogP contribution in [-0.4, -0.2) is 33.0 Å². The number of para-hydroxylation sites is 1. The summed E-state index contributed by atoms with van der Waals surface area (Å²) in [5.41, 5.74) is 2.63. The van der Waals surface area contributed by atoms with Gasteiger partial charge in [0.05, 0.1) is 22.8 Å². The summed E-state index contributed by atoms with van der Waals surface area (Å²) in [5.74, 6) is -0.549. The first-order chi connectivity index (χ1) is 14.4. The van der Waals surface area contributed by atoms with E-state index in [9.17, 15) is 13.2 Å². The van der Waals surface area contributed by atoms with E-state index in [2.05, 4.69) is 4.98 Å². The fourth-order valence-corrected chi connectivity index (χ4v) is 4.20.